The molecule has 0 radical (unpaired) electrons. The highest BCUT2D eigenvalue weighted by molar-refractivity contribution is 6.45. The quantitative estimate of drug-likeness (QED) is 0.319. The molecule has 3 rings (SSSR count). The van der Waals surface area contributed by atoms with Crippen molar-refractivity contribution in [2.45, 2.75) is 12.8 Å². The average Bonchev–Trinajstić information content (AvgIpc) is 3.14. The Labute approximate surface area is 131 Å². The molecule has 0 atom stereocenters. The number of aromatic nitrogens is 2. The Balaban J connectivity index is 2.05. The Morgan fingerprint density at radius 3 is 2.61 bits per heavy atom. The van der Waals surface area contributed by atoms with E-state index in [2.05, 4.69) is 25.4 Å². The van der Waals surface area contributed by atoms with Gasteiger partial charge in [0.1, 0.15) is 6.07 Å². The van der Waals surface area contributed by atoms with E-state index in [1.54, 1.807) is 12.1 Å². The molecule has 9 heteroatoms. The maximum absolute atomic E-state index is 11.5. The van der Waals surface area contributed by atoms with Crippen molar-refractivity contribution in [1.82, 2.24) is 9.97 Å². The highest BCUT2D eigenvalue weighted by atomic mass is 16.1. The SMILES string of the molecule is N#C/C(=N\Nc1cc2[nH]c(=O)[nH]c2cc1N1CCCC1)C(=N)N. The van der Waals surface area contributed by atoms with Gasteiger partial charge in [0, 0.05) is 13.1 Å². The van der Waals surface area contributed by atoms with Crippen LogP contribution in [0.25, 0.3) is 11.0 Å². The molecule has 1 aromatic carbocycles. The van der Waals surface area contributed by atoms with Crippen LogP contribution in [0.4, 0.5) is 11.4 Å². The molecule has 0 saturated carbocycles. The van der Waals surface area contributed by atoms with Crippen LogP contribution in [0.15, 0.2) is 22.0 Å². The Kier molecular flexibility index (Phi) is 3.72. The number of nitrogens with one attached hydrogen (secondary N) is 4. The van der Waals surface area contributed by atoms with Crippen LogP contribution in [-0.2, 0) is 0 Å². The molecule has 0 aliphatic carbocycles. The number of hydrogen-bond donors (Lipinski definition) is 5. The number of nitrogens with two attached hydrogens (primary N) is 1. The number of hydrazone groups is 1. The van der Waals surface area contributed by atoms with E-state index in [-0.39, 0.29) is 11.4 Å². The maximum Gasteiger partial charge on any atom is 0.323 e. The Bertz CT molecular complexity index is 878. The second-order valence-corrected chi connectivity index (χ2v) is 5.29. The van der Waals surface area contributed by atoms with Crippen molar-refractivity contribution in [2.75, 3.05) is 23.4 Å². The zero-order chi connectivity index (χ0) is 16.4. The van der Waals surface area contributed by atoms with Crippen molar-refractivity contribution in [2.24, 2.45) is 10.8 Å². The zero-order valence-electron chi connectivity index (χ0n) is 12.3. The molecule has 2 heterocycles. The molecular formula is C14H16N8O. The van der Waals surface area contributed by atoms with Crippen LogP contribution < -0.4 is 21.7 Å². The van der Waals surface area contributed by atoms with Crippen LogP contribution in [0.1, 0.15) is 12.8 Å². The van der Waals surface area contributed by atoms with Crippen molar-refractivity contribution >= 4 is 34.0 Å². The molecule has 6 N–H and O–H groups in total. The number of amidine groups is 1. The van der Waals surface area contributed by atoms with E-state index in [0.717, 1.165) is 31.6 Å². The molecule has 0 unspecified atom stereocenters. The number of aromatic amines is 2. The fraction of sp³-hybridized carbons (Fsp3) is 0.286. The first-order valence-electron chi connectivity index (χ1n) is 7.17. The van der Waals surface area contributed by atoms with Gasteiger partial charge in [-0.25, -0.2) is 4.79 Å². The largest absolute Gasteiger partial charge is 0.382 e. The van der Waals surface area contributed by atoms with Crippen LogP contribution in [0.5, 0.6) is 0 Å². The van der Waals surface area contributed by atoms with Gasteiger partial charge in [0.2, 0.25) is 5.71 Å². The number of benzene rings is 1. The molecule has 1 aromatic heterocycles. The molecule has 9 nitrogen and oxygen atoms in total. The Morgan fingerprint density at radius 1 is 1.35 bits per heavy atom. The second kappa shape index (κ2) is 5.84. The molecule has 1 aliphatic rings. The van der Waals surface area contributed by atoms with Gasteiger partial charge < -0.3 is 20.6 Å². The molecular weight excluding hydrogens is 296 g/mol. The minimum Gasteiger partial charge on any atom is -0.382 e. The van der Waals surface area contributed by atoms with Crippen molar-refractivity contribution in [3.63, 3.8) is 0 Å². The third-order valence-electron chi connectivity index (χ3n) is 3.73. The summed E-state index contributed by atoms with van der Waals surface area (Å²) in [5, 5.41) is 20.1. The molecule has 0 bridgehead atoms. The molecule has 23 heavy (non-hydrogen) atoms. The lowest BCUT2D eigenvalue weighted by atomic mass is 10.2. The molecule has 118 valence electrons. The third kappa shape index (κ3) is 2.87. The summed E-state index contributed by atoms with van der Waals surface area (Å²) in [7, 11) is 0. The van der Waals surface area contributed by atoms with Crippen LogP contribution in [-0.4, -0.2) is 34.6 Å². The summed E-state index contributed by atoms with van der Waals surface area (Å²) in [6, 6.07) is 5.38. The number of anilines is 2. The van der Waals surface area contributed by atoms with Gasteiger partial charge in [0.05, 0.1) is 22.4 Å². The predicted octanol–water partition coefficient (Wildman–Crippen LogP) is 0.684. The van der Waals surface area contributed by atoms with Gasteiger partial charge >= 0.3 is 5.69 Å². The Hall–Kier alpha value is -3.28. The molecule has 2 aromatic rings. The lowest BCUT2D eigenvalue weighted by molar-refractivity contribution is 0.949. The van der Waals surface area contributed by atoms with E-state index in [9.17, 15) is 4.79 Å². The summed E-state index contributed by atoms with van der Waals surface area (Å²) >= 11 is 0. The Morgan fingerprint density at radius 2 is 2.00 bits per heavy atom. The highest BCUT2D eigenvalue weighted by Crippen LogP contribution is 2.32. The fourth-order valence-electron chi connectivity index (χ4n) is 2.64. The van der Waals surface area contributed by atoms with Gasteiger partial charge in [-0.1, -0.05) is 0 Å². The third-order valence-corrected chi connectivity index (χ3v) is 3.73. The fourth-order valence-corrected chi connectivity index (χ4v) is 2.64. The van der Waals surface area contributed by atoms with E-state index in [4.69, 9.17) is 16.4 Å². The lowest BCUT2D eigenvalue weighted by Gasteiger charge is -2.21. The first kappa shape index (κ1) is 14.6. The number of H-pyrrole nitrogens is 2. The number of nitriles is 1. The van der Waals surface area contributed by atoms with Gasteiger partial charge in [-0.15, -0.1) is 0 Å². The van der Waals surface area contributed by atoms with Gasteiger partial charge in [0.25, 0.3) is 0 Å². The number of hydrogen-bond acceptors (Lipinski definition) is 6. The van der Waals surface area contributed by atoms with E-state index in [0.29, 0.717) is 16.7 Å². The van der Waals surface area contributed by atoms with Gasteiger partial charge in [0.15, 0.2) is 5.84 Å². The predicted molar refractivity (Wildman–Crippen MR) is 89.0 cm³/mol. The van der Waals surface area contributed by atoms with Crippen LogP contribution in [0.2, 0.25) is 0 Å². The average molecular weight is 312 g/mol. The lowest BCUT2D eigenvalue weighted by Crippen LogP contribution is -2.22. The van der Waals surface area contributed by atoms with Crippen LogP contribution >= 0.6 is 0 Å². The van der Waals surface area contributed by atoms with E-state index in [1.807, 2.05) is 6.07 Å². The molecule has 0 spiro atoms. The van der Waals surface area contributed by atoms with Gasteiger partial charge in [-0.3, -0.25) is 10.8 Å². The van der Waals surface area contributed by atoms with E-state index < -0.39 is 5.84 Å². The summed E-state index contributed by atoms with van der Waals surface area (Å²) in [6.45, 7) is 1.83. The van der Waals surface area contributed by atoms with Crippen molar-refractivity contribution in [3.8, 4) is 6.07 Å². The topological polar surface area (TPSA) is 150 Å². The summed E-state index contributed by atoms with van der Waals surface area (Å²) in [6.07, 6.45) is 2.20. The monoisotopic (exact) mass is 312 g/mol. The first-order valence-corrected chi connectivity index (χ1v) is 7.17. The number of fused-ring (bicyclic) bond motifs is 1. The minimum atomic E-state index is -0.404. The van der Waals surface area contributed by atoms with Gasteiger partial charge in [-0.2, -0.15) is 10.4 Å². The minimum absolute atomic E-state index is 0.194. The molecule has 0 amide bonds. The normalized spacial score (nSPS) is 14.9. The van der Waals surface area contributed by atoms with Crippen molar-refractivity contribution in [1.29, 1.82) is 10.7 Å². The summed E-state index contributed by atoms with van der Waals surface area (Å²) < 4.78 is 0. The van der Waals surface area contributed by atoms with Crippen molar-refractivity contribution in [3.05, 3.63) is 22.6 Å². The first-order chi connectivity index (χ1) is 11.1. The number of rotatable bonds is 4. The summed E-state index contributed by atoms with van der Waals surface area (Å²) in [5.74, 6) is -0.404. The zero-order valence-corrected chi connectivity index (χ0v) is 12.3. The molecule has 1 saturated heterocycles. The summed E-state index contributed by atoms with van der Waals surface area (Å²) in [5.41, 5.74) is 10.5. The smallest absolute Gasteiger partial charge is 0.323 e. The van der Waals surface area contributed by atoms with Crippen LogP contribution in [0.3, 0.4) is 0 Å². The second-order valence-electron chi connectivity index (χ2n) is 5.29. The van der Waals surface area contributed by atoms with Crippen molar-refractivity contribution < 1.29 is 0 Å². The maximum atomic E-state index is 11.5. The van der Waals surface area contributed by atoms with Gasteiger partial charge in [-0.05, 0) is 25.0 Å². The molecule has 1 fully saturated rings. The number of nitrogens with zero attached hydrogens (tertiary/aromatic N) is 3. The molecule has 1 aliphatic heterocycles. The number of imidazole rings is 1. The standard InChI is InChI=1S/C14H16N8O/c15-7-11(13(16)17)21-20-10-5-8-9(19-14(23)18-8)6-12(10)22-3-1-2-4-22/h5-6,20H,1-4H2,(H3,16,17)(H2,18,19,23)/b21-11+. The summed E-state index contributed by atoms with van der Waals surface area (Å²) in [4.78, 5) is 19.1. The van der Waals surface area contributed by atoms with E-state index in [1.165, 1.54) is 0 Å². The highest BCUT2D eigenvalue weighted by Gasteiger charge is 2.17. The van der Waals surface area contributed by atoms with E-state index >= 15 is 0 Å². The van der Waals surface area contributed by atoms with Crippen LogP contribution in [0, 0.1) is 16.7 Å².